The molecule has 0 bridgehead atoms. The summed E-state index contributed by atoms with van der Waals surface area (Å²) in [4.78, 5) is 15.5. The topological polar surface area (TPSA) is 67.2 Å². The fourth-order valence-electron chi connectivity index (χ4n) is 1.73. The molecule has 1 aliphatic rings. The molecular weight excluding hydrogens is 194 g/mol. The molecule has 0 aromatic carbocycles. The molecule has 5 nitrogen and oxygen atoms in total. The van der Waals surface area contributed by atoms with E-state index in [1.807, 2.05) is 6.92 Å². The largest absolute Gasteiger partial charge is 0.432 e. The van der Waals surface area contributed by atoms with Crippen molar-refractivity contribution in [1.29, 1.82) is 0 Å². The van der Waals surface area contributed by atoms with E-state index in [1.54, 1.807) is 0 Å². The summed E-state index contributed by atoms with van der Waals surface area (Å²) in [5.41, 5.74) is 0.771. The van der Waals surface area contributed by atoms with Crippen molar-refractivity contribution in [2.75, 3.05) is 18.4 Å². The fraction of sp³-hybridized carbons (Fsp3) is 0.600. The van der Waals surface area contributed by atoms with Gasteiger partial charge in [-0.15, -0.1) is 0 Å². The van der Waals surface area contributed by atoms with Crippen molar-refractivity contribution in [2.45, 2.75) is 19.8 Å². The van der Waals surface area contributed by atoms with Crippen LogP contribution in [-0.2, 0) is 4.79 Å². The molecule has 5 heteroatoms. The Hall–Kier alpha value is -1.36. The summed E-state index contributed by atoms with van der Waals surface area (Å²) in [5.74, 6) is 0.423. The maximum atomic E-state index is 11.5. The standard InChI is InChI=1S/C10H15N3O2/c1-7-6-15-10(12-7)13-9(14)4-8-2-3-11-5-8/h6,8,11H,2-5H2,1H3,(H,12,13,14). The number of nitrogens with one attached hydrogen (secondary N) is 2. The number of carbonyl (C=O) groups is 1. The second-order valence-corrected chi connectivity index (χ2v) is 3.91. The average Bonchev–Trinajstić information content (AvgIpc) is 2.77. The lowest BCUT2D eigenvalue weighted by atomic mass is 10.1. The highest BCUT2D eigenvalue weighted by atomic mass is 16.4. The van der Waals surface area contributed by atoms with Crippen molar-refractivity contribution in [1.82, 2.24) is 10.3 Å². The number of amides is 1. The number of hydrogen-bond acceptors (Lipinski definition) is 4. The SMILES string of the molecule is Cc1coc(NC(=O)CC2CCNC2)n1. The fourth-order valence-corrected chi connectivity index (χ4v) is 1.73. The minimum absolute atomic E-state index is 0.0226. The van der Waals surface area contributed by atoms with Gasteiger partial charge < -0.3 is 9.73 Å². The van der Waals surface area contributed by atoms with Gasteiger partial charge in [0.25, 0.3) is 0 Å². The molecular formula is C10H15N3O2. The zero-order chi connectivity index (χ0) is 10.7. The summed E-state index contributed by atoms with van der Waals surface area (Å²) in [6.07, 6.45) is 3.12. The normalized spacial score (nSPS) is 20.5. The van der Waals surface area contributed by atoms with Crippen LogP contribution >= 0.6 is 0 Å². The van der Waals surface area contributed by atoms with Gasteiger partial charge in [0.1, 0.15) is 6.26 Å². The monoisotopic (exact) mass is 209 g/mol. The summed E-state index contributed by atoms with van der Waals surface area (Å²) in [6.45, 7) is 3.76. The van der Waals surface area contributed by atoms with E-state index in [9.17, 15) is 4.79 Å². The highest BCUT2D eigenvalue weighted by molar-refractivity contribution is 5.88. The first-order valence-electron chi connectivity index (χ1n) is 5.17. The van der Waals surface area contributed by atoms with Crippen LogP contribution in [0.5, 0.6) is 0 Å². The first-order chi connectivity index (χ1) is 7.24. The molecule has 1 aromatic rings. The van der Waals surface area contributed by atoms with Gasteiger partial charge in [0, 0.05) is 6.42 Å². The van der Waals surface area contributed by atoms with Gasteiger partial charge in [0.15, 0.2) is 0 Å². The van der Waals surface area contributed by atoms with Gasteiger partial charge in [-0.3, -0.25) is 10.1 Å². The first-order valence-corrected chi connectivity index (χ1v) is 5.17. The van der Waals surface area contributed by atoms with Crippen LogP contribution < -0.4 is 10.6 Å². The molecule has 1 saturated heterocycles. The summed E-state index contributed by atoms with van der Waals surface area (Å²) in [7, 11) is 0. The third kappa shape index (κ3) is 2.79. The van der Waals surface area contributed by atoms with Gasteiger partial charge >= 0.3 is 6.01 Å². The van der Waals surface area contributed by atoms with Crippen LogP contribution in [-0.4, -0.2) is 24.0 Å². The van der Waals surface area contributed by atoms with E-state index in [1.165, 1.54) is 6.26 Å². The minimum Gasteiger partial charge on any atom is -0.432 e. The van der Waals surface area contributed by atoms with Crippen LogP contribution in [0.15, 0.2) is 10.7 Å². The Morgan fingerprint density at radius 1 is 1.80 bits per heavy atom. The van der Waals surface area contributed by atoms with Crippen molar-refractivity contribution in [3.05, 3.63) is 12.0 Å². The van der Waals surface area contributed by atoms with Crippen LogP contribution in [0.25, 0.3) is 0 Å². The molecule has 2 heterocycles. The van der Waals surface area contributed by atoms with E-state index in [2.05, 4.69) is 15.6 Å². The Balaban J connectivity index is 1.81. The molecule has 1 unspecified atom stereocenters. The molecule has 0 spiro atoms. The van der Waals surface area contributed by atoms with Crippen molar-refractivity contribution in [3.63, 3.8) is 0 Å². The maximum absolute atomic E-state index is 11.5. The molecule has 0 saturated carbocycles. The predicted molar refractivity (Wildman–Crippen MR) is 55.5 cm³/mol. The van der Waals surface area contributed by atoms with Crippen molar-refractivity contribution in [3.8, 4) is 0 Å². The Kier molecular flexibility index (Phi) is 3.01. The van der Waals surface area contributed by atoms with Gasteiger partial charge in [0.05, 0.1) is 5.69 Å². The molecule has 1 atom stereocenters. The zero-order valence-electron chi connectivity index (χ0n) is 8.75. The molecule has 15 heavy (non-hydrogen) atoms. The highest BCUT2D eigenvalue weighted by Crippen LogP contribution is 2.13. The Morgan fingerprint density at radius 3 is 3.27 bits per heavy atom. The molecule has 1 aliphatic heterocycles. The maximum Gasteiger partial charge on any atom is 0.301 e. The number of aryl methyl sites for hydroxylation is 1. The molecule has 1 fully saturated rings. The zero-order valence-corrected chi connectivity index (χ0v) is 8.75. The third-order valence-corrected chi connectivity index (χ3v) is 2.50. The van der Waals surface area contributed by atoms with Gasteiger partial charge in [-0.1, -0.05) is 0 Å². The molecule has 1 amide bonds. The summed E-state index contributed by atoms with van der Waals surface area (Å²) < 4.78 is 5.04. The number of nitrogens with zero attached hydrogens (tertiary/aromatic N) is 1. The van der Waals surface area contributed by atoms with E-state index < -0.39 is 0 Å². The lowest BCUT2D eigenvalue weighted by molar-refractivity contribution is -0.117. The molecule has 2 N–H and O–H groups in total. The molecule has 0 radical (unpaired) electrons. The van der Waals surface area contributed by atoms with E-state index in [0.29, 0.717) is 18.4 Å². The van der Waals surface area contributed by atoms with Crippen molar-refractivity contribution < 1.29 is 9.21 Å². The van der Waals surface area contributed by atoms with Gasteiger partial charge in [-0.05, 0) is 32.4 Å². The number of rotatable bonds is 3. The first kappa shape index (κ1) is 10.2. The average molecular weight is 209 g/mol. The second kappa shape index (κ2) is 4.44. The number of hydrogen-bond donors (Lipinski definition) is 2. The van der Waals surface area contributed by atoms with E-state index in [4.69, 9.17) is 4.42 Å². The second-order valence-electron chi connectivity index (χ2n) is 3.91. The third-order valence-electron chi connectivity index (χ3n) is 2.50. The Labute approximate surface area is 88.3 Å². The Bertz CT molecular complexity index is 342. The van der Waals surface area contributed by atoms with Crippen LogP contribution in [0.2, 0.25) is 0 Å². The van der Waals surface area contributed by atoms with Crippen LogP contribution in [0.4, 0.5) is 6.01 Å². The van der Waals surface area contributed by atoms with Crippen molar-refractivity contribution >= 4 is 11.9 Å². The van der Waals surface area contributed by atoms with E-state index in [0.717, 1.165) is 25.2 Å². The number of carbonyl (C=O) groups excluding carboxylic acids is 1. The van der Waals surface area contributed by atoms with Gasteiger partial charge in [0.2, 0.25) is 5.91 Å². The van der Waals surface area contributed by atoms with Crippen LogP contribution in [0.3, 0.4) is 0 Å². The number of oxazole rings is 1. The van der Waals surface area contributed by atoms with Crippen LogP contribution in [0.1, 0.15) is 18.5 Å². The lowest BCUT2D eigenvalue weighted by Gasteiger charge is -2.06. The summed E-state index contributed by atoms with van der Waals surface area (Å²) >= 11 is 0. The highest BCUT2D eigenvalue weighted by Gasteiger charge is 2.18. The number of anilines is 1. The quantitative estimate of drug-likeness (QED) is 0.776. The van der Waals surface area contributed by atoms with E-state index >= 15 is 0 Å². The smallest absolute Gasteiger partial charge is 0.301 e. The van der Waals surface area contributed by atoms with Crippen LogP contribution in [0, 0.1) is 12.8 Å². The molecule has 0 aliphatic carbocycles. The summed E-state index contributed by atoms with van der Waals surface area (Å²) in [5, 5.41) is 5.87. The van der Waals surface area contributed by atoms with Gasteiger partial charge in [-0.25, -0.2) is 0 Å². The lowest BCUT2D eigenvalue weighted by Crippen LogP contribution is -2.18. The predicted octanol–water partition coefficient (Wildman–Crippen LogP) is 0.921. The number of aromatic nitrogens is 1. The van der Waals surface area contributed by atoms with Crippen molar-refractivity contribution in [2.24, 2.45) is 5.92 Å². The Morgan fingerprint density at radius 2 is 2.67 bits per heavy atom. The summed E-state index contributed by atoms with van der Waals surface area (Å²) in [6, 6.07) is 0.295. The van der Waals surface area contributed by atoms with E-state index in [-0.39, 0.29) is 5.91 Å². The molecule has 82 valence electrons. The minimum atomic E-state index is -0.0226. The molecule has 1 aromatic heterocycles. The van der Waals surface area contributed by atoms with Gasteiger partial charge in [-0.2, -0.15) is 4.98 Å². The molecule has 2 rings (SSSR count).